The lowest BCUT2D eigenvalue weighted by molar-refractivity contribution is -0.129. The van der Waals surface area contributed by atoms with Gasteiger partial charge in [-0.15, -0.1) is 0 Å². The number of carbonyl (C=O) groups is 2. The Hall–Kier alpha value is -3.24. The number of piperazine rings is 1. The number of nitrogens with one attached hydrogen (secondary N) is 1. The van der Waals surface area contributed by atoms with Crippen LogP contribution in [0.2, 0.25) is 0 Å². The molecule has 3 aromatic rings. The number of fused-ring (bicyclic) bond motifs is 1. The van der Waals surface area contributed by atoms with Gasteiger partial charge in [0.25, 0.3) is 5.91 Å². The fourth-order valence-electron chi connectivity index (χ4n) is 3.52. The molecule has 1 N–H and O–H groups in total. The first-order valence-electron chi connectivity index (χ1n) is 9.91. The van der Waals surface area contributed by atoms with E-state index in [1.807, 2.05) is 35.0 Å². The number of aromatic nitrogens is 2. The van der Waals surface area contributed by atoms with Crippen LogP contribution in [0.3, 0.4) is 0 Å². The van der Waals surface area contributed by atoms with Crippen LogP contribution < -0.4 is 5.32 Å². The zero-order valence-electron chi connectivity index (χ0n) is 17.1. The molecule has 0 atom stereocenters. The van der Waals surface area contributed by atoms with Gasteiger partial charge in [0.15, 0.2) is 0 Å². The highest BCUT2D eigenvalue weighted by Crippen LogP contribution is 2.18. The summed E-state index contributed by atoms with van der Waals surface area (Å²) in [6, 6.07) is 11.5. The van der Waals surface area contributed by atoms with Crippen LogP contribution in [0, 0.1) is 0 Å². The van der Waals surface area contributed by atoms with Crippen LogP contribution >= 0.6 is 0 Å². The van der Waals surface area contributed by atoms with Crippen LogP contribution in [0.5, 0.6) is 0 Å². The van der Waals surface area contributed by atoms with E-state index in [-0.39, 0.29) is 36.3 Å². The number of hydrogen-bond donors (Lipinski definition) is 1. The number of pyridine rings is 1. The van der Waals surface area contributed by atoms with E-state index in [1.165, 1.54) is 35.5 Å². The molecule has 4 rings (SSSR count). The zero-order valence-corrected chi connectivity index (χ0v) is 17.9. The summed E-state index contributed by atoms with van der Waals surface area (Å²) in [6.45, 7) is 2.99. The van der Waals surface area contributed by atoms with E-state index in [0.717, 1.165) is 11.3 Å². The van der Waals surface area contributed by atoms with E-state index in [2.05, 4.69) is 10.3 Å². The molecule has 0 spiro atoms. The van der Waals surface area contributed by atoms with Crippen molar-refractivity contribution >= 4 is 27.5 Å². The molecule has 1 aliphatic rings. The predicted octanol–water partition coefficient (Wildman–Crippen LogP) is 1.12. The summed E-state index contributed by atoms with van der Waals surface area (Å²) in [6.07, 6.45) is 3.73. The Bertz CT molecular complexity index is 1180. The molecule has 10 heteroatoms. The third-order valence-corrected chi connectivity index (χ3v) is 7.20. The maximum atomic E-state index is 12.9. The number of sulfonamides is 1. The highest BCUT2D eigenvalue weighted by atomic mass is 32.2. The highest BCUT2D eigenvalue weighted by Gasteiger charge is 2.29. The zero-order chi connectivity index (χ0) is 22.0. The van der Waals surface area contributed by atoms with Crippen LogP contribution in [0.1, 0.15) is 23.0 Å². The minimum Gasteiger partial charge on any atom is -0.346 e. The Morgan fingerprint density at radius 1 is 1.03 bits per heavy atom. The maximum Gasteiger partial charge on any atom is 0.251 e. The van der Waals surface area contributed by atoms with E-state index in [4.69, 9.17) is 0 Å². The first-order valence-corrected chi connectivity index (χ1v) is 11.3. The molecule has 1 fully saturated rings. The minimum absolute atomic E-state index is 0.0592. The molecule has 2 amide bonds. The van der Waals surface area contributed by atoms with Gasteiger partial charge in [-0.05, 0) is 36.4 Å². The van der Waals surface area contributed by atoms with Crippen molar-refractivity contribution in [1.29, 1.82) is 0 Å². The number of rotatable bonds is 5. The fourth-order valence-corrected chi connectivity index (χ4v) is 4.94. The number of benzene rings is 1. The molecule has 0 bridgehead atoms. The van der Waals surface area contributed by atoms with Gasteiger partial charge < -0.3 is 14.6 Å². The lowest BCUT2D eigenvalue weighted by Crippen LogP contribution is -2.49. The lowest BCUT2D eigenvalue weighted by atomic mass is 10.2. The largest absolute Gasteiger partial charge is 0.346 e. The topological polar surface area (TPSA) is 104 Å². The number of nitrogens with zero attached hydrogens (tertiary/aromatic N) is 4. The van der Waals surface area contributed by atoms with E-state index in [9.17, 15) is 18.0 Å². The smallest absolute Gasteiger partial charge is 0.251 e. The summed E-state index contributed by atoms with van der Waals surface area (Å²) in [5.41, 5.74) is 1.89. The first kappa shape index (κ1) is 21.0. The van der Waals surface area contributed by atoms with Crippen LogP contribution in [0.15, 0.2) is 59.8 Å². The standard InChI is InChI=1S/C21H23N5O4S/c1-16(27)24-10-12-26(13-11-24)31(29,30)19-7-5-17(6-8-19)21(28)22-14-18-15-25-9-3-2-4-20(25)23-18/h2-9,15H,10-14H2,1H3,(H,22,28). The normalized spacial score (nSPS) is 15.2. The summed E-state index contributed by atoms with van der Waals surface area (Å²) in [5, 5.41) is 2.80. The molecule has 0 radical (unpaired) electrons. The average molecular weight is 442 g/mol. The Morgan fingerprint density at radius 2 is 1.74 bits per heavy atom. The quantitative estimate of drug-likeness (QED) is 0.639. The molecule has 0 unspecified atom stereocenters. The molecule has 162 valence electrons. The van der Waals surface area contributed by atoms with Crippen molar-refractivity contribution in [3.8, 4) is 0 Å². The van der Waals surface area contributed by atoms with Gasteiger partial charge in [0.2, 0.25) is 15.9 Å². The molecule has 0 aliphatic carbocycles. The Labute approximate surface area is 180 Å². The highest BCUT2D eigenvalue weighted by molar-refractivity contribution is 7.89. The van der Waals surface area contributed by atoms with Crippen molar-refractivity contribution in [1.82, 2.24) is 23.9 Å². The van der Waals surface area contributed by atoms with Crippen molar-refractivity contribution in [2.24, 2.45) is 0 Å². The monoisotopic (exact) mass is 441 g/mol. The van der Waals surface area contributed by atoms with Gasteiger partial charge in [-0.2, -0.15) is 4.31 Å². The Morgan fingerprint density at radius 3 is 2.39 bits per heavy atom. The van der Waals surface area contributed by atoms with Gasteiger partial charge >= 0.3 is 0 Å². The molecule has 2 aromatic heterocycles. The van der Waals surface area contributed by atoms with E-state index in [1.54, 1.807) is 4.90 Å². The van der Waals surface area contributed by atoms with Gasteiger partial charge in [0, 0.05) is 51.1 Å². The molecular formula is C21H23N5O4S. The second-order valence-corrected chi connectivity index (χ2v) is 9.25. The number of carbonyl (C=O) groups excluding carboxylic acids is 2. The van der Waals surface area contributed by atoms with Crippen molar-refractivity contribution in [2.75, 3.05) is 26.2 Å². The van der Waals surface area contributed by atoms with Gasteiger partial charge in [-0.25, -0.2) is 13.4 Å². The van der Waals surface area contributed by atoms with Crippen LogP contribution in [-0.4, -0.2) is 65.0 Å². The summed E-state index contributed by atoms with van der Waals surface area (Å²) < 4.78 is 28.9. The minimum atomic E-state index is -3.67. The fraction of sp³-hybridized carbons (Fsp3) is 0.286. The van der Waals surface area contributed by atoms with Gasteiger partial charge in [0.05, 0.1) is 17.1 Å². The SMILES string of the molecule is CC(=O)N1CCN(S(=O)(=O)c2ccc(C(=O)NCc3cn4ccccc4n3)cc2)CC1. The van der Waals surface area contributed by atoms with Gasteiger partial charge in [-0.1, -0.05) is 6.07 Å². The predicted molar refractivity (Wildman–Crippen MR) is 114 cm³/mol. The number of hydrogen-bond acceptors (Lipinski definition) is 5. The van der Waals surface area contributed by atoms with Gasteiger partial charge in [-0.3, -0.25) is 9.59 Å². The third-order valence-electron chi connectivity index (χ3n) is 5.28. The van der Waals surface area contributed by atoms with Gasteiger partial charge in [0.1, 0.15) is 5.65 Å². The summed E-state index contributed by atoms with van der Waals surface area (Å²) in [7, 11) is -3.67. The molecular weight excluding hydrogens is 418 g/mol. The van der Waals surface area contributed by atoms with Crippen LogP contribution in [0.25, 0.3) is 5.65 Å². The number of imidazole rings is 1. The first-order chi connectivity index (χ1) is 14.8. The van der Waals surface area contributed by atoms with Crippen molar-refractivity contribution < 1.29 is 18.0 Å². The molecule has 0 saturated carbocycles. The van der Waals surface area contributed by atoms with Crippen molar-refractivity contribution in [3.05, 3.63) is 66.1 Å². The molecule has 1 aromatic carbocycles. The Balaban J connectivity index is 1.39. The molecule has 31 heavy (non-hydrogen) atoms. The van der Waals surface area contributed by atoms with E-state index in [0.29, 0.717) is 18.7 Å². The van der Waals surface area contributed by atoms with E-state index >= 15 is 0 Å². The third kappa shape index (κ3) is 4.44. The second kappa shape index (κ2) is 8.48. The lowest BCUT2D eigenvalue weighted by Gasteiger charge is -2.33. The summed E-state index contributed by atoms with van der Waals surface area (Å²) in [4.78, 5) is 30.1. The molecule has 1 aliphatic heterocycles. The maximum absolute atomic E-state index is 12.9. The van der Waals surface area contributed by atoms with E-state index < -0.39 is 10.0 Å². The summed E-state index contributed by atoms with van der Waals surface area (Å²) >= 11 is 0. The van der Waals surface area contributed by atoms with Crippen LogP contribution in [0.4, 0.5) is 0 Å². The van der Waals surface area contributed by atoms with Crippen molar-refractivity contribution in [2.45, 2.75) is 18.4 Å². The molecule has 1 saturated heterocycles. The molecule has 9 nitrogen and oxygen atoms in total. The average Bonchev–Trinajstić information content (AvgIpc) is 3.20. The number of amides is 2. The van der Waals surface area contributed by atoms with Crippen molar-refractivity contribution in [3.63, 3.8) is 0 Å². The molecule has 3 heterocycles. The van der Waals surface area contributed by atoms with Crippen LogP contribution in [-0.2, 0) is 21.4 Å². The second-order valence-electron chi connectivity index (χ2n) is 7.32. The summed E-state index contributed by atoms with van der Waals surface area (Å²) in [5.74, 6) is -0.368. The Kier molecular flexibility index (Phi) is 5.75.